The number of aromatic nitrogens is 4. The first-order chi connectivity index (χ1) is 22.4. The molecular weight excluding hydrogens is 691 g/mol. The lowest BCUT2D eigenvalue weighted by Crippen LogP contribution is -2.28. The summed E-state index contributed by atoms with van der Waals surface area (Å²) >= 11 is 6.14. The summed E-state index contributed by atoms with van der Waals surface area (Å²) in [6.07, 6.45) is -1.39. The molecule has 4 aromatic rings. The molecule has 2 aromatic carbocycles. The molecule has 0 spiro atoms. The van der Waals surface area contributed by atoms with Crippen molar-refractivity contribution in [2.45, 2.75) is 51.6 Å². The second kappa shape index (κ2) is 14.9. The van der Waals surface area contributed by atoms with Crippen LogP contribution in [0, 0.1) is 0 Å². The Morgan fingerprint density at radius 1 is 1.15 bits per heavy atom. The van der Waals surface area contributed by atoms with Crippen LogP contribution in [0.15, 0.2) is 61.1 Å². The van der Waals surface area contributed by atoms with Gasteiger partial charge < -0.3 is 20.5 Å². The number of primary amides is 1. The maximum absolute atomic E-state index is 13.1. The van der Waals surface area contributed by atoms with Crippen molar-refractivity contribution in [1.82, 2.24) is 19.7 Å². The largest absolute Gasteiger partial charge is 0.484 e. The third kappa shape index (κ3) is 10.4. The van der Waals surface area contributed by atoms with Crippen molar-refractivity contribution in [2.75, 3.05) is 22.4 Å². The van der Waals surface area contributed by atoms with Crippen molar-refractivity contribution in [3.05, 3.63) is 77.2 Å². The zero-order valence-corrected chi connectivity index (χ0v) is 29.1. The number of carbonyl (C=O) groups excluding carboxylic acids is 1. The number of hydrogen-bond donors (Lipinski definition) is 3. The van der Waals surface area contributed by atoms with Crippen LogP contribution in [-0.2, 0) is 21.5 Å². The van der Waals surface area contributed by atoms with E-state index in [1.54, 1.807) is 31.2 Å². The fraction of sp³-hybridized carbons (Fsp3) is 0.333. The summed E-state index contributed by atoms with van der Waals surface area (Å²) in [5, 5.41) is 8.04. The molecule has 0 bridgehead atoms. The van der Waals surface area contributed by atoms with E-state index >= 15 is 0 Å². The summed E-state index contributed by atoms with van der Waals surface area (Å²) < 4.78 is 79.5. The molecule has 4 N–H and O–H groups in total. The molecular formula is C30H35ClF3N7O5SSi. The molecule has 0 unspecified atom stereocenters. The summed E-state index contributed by atoms with van der Waals surface area (Å²) in [7, 11) is -6.31. The molecule has 12 nitrogen and oxygen atoms in total. The summed E-state index contributed by atoms with van der Waals surface area (Å²) in [6.45, 7) is 8.62. The van der Waals surface area contributed by atoms with Crippen LogP contribution in [0.25, 0.3) is 11.3 Å². The zero-order chi connectivity index (χ0) is 35.3. The van der Waals surface area contributed by atoms with Crippen molar-refractivity contribution in [1.29, 1.82) is 0 Å². The molecule has 48 heavy (non-hydrogen) atoms. The lowest BCUT2D eigenvalue weighted by atomic mass is 10.1. The molecule has 0 aliphatic carbocycles. The number of amides is 1. The molecule has 2 heterocycles. The van der Waals surface area contributed by atoms with E-state index in [2.05, 4.69) is 40.0 Å². The molecule has 0 fully saturated rings. The van der Waals surface area contributed by atoms with Gasteiger partial charge in [-0.1, -0.05) is 49.4 Å². The van der Waals surface area contributed by atoms with Crippen LogP contribution in [0.5, 0.6) is 5.75 Å². The van der Waals surface area contributed by atoms with E-state index in [9.17, 15) is 26.4 Å². The van der Waals surface area contributed by atoms with Crippen molar-refractivity contribution in [3.63, 3.8) is 0 Å². The van der Waals surface area contributed by atoms with Gasteiger partial charge >= 0.3 is 6.18 Å². The Balaban J connectivity index is 1.81. The summed E-state index contributed by atoms with van der Waals surface area (Å²) in [4.78, 5) is 21.2. The Labute approximate surface area is 281 Å². The number of rotatable bonds is 15. The number of nitrogens with zero attached hydrogens (tertiary/aromatic N) is 4. The second-order valence-corrected chi connectivity index (χ2v) is 19.8. The van der Waals surface area contributed by atoms with Crippen LogP contribution in [0.2, 0.25) is 30.7 Å². The third-order valence-electron chi connectivity index (χ3n) is 6.71. The standard InChI is InChI=1S/C30H35ClF3N7O5SSi/c1-19(20-6-5-7-22(31)14-20)46-24-15-21(8-9-23(24)40-47(43,44)17-30(32,33)34)27-26(28(35)42)29(38-25-16-36-10-11-37-25)41(39-27)18-45-12-13-48(2,3)4/h5-11,14-16,19,40H,12-13,17-18H2,1-4H3,(H2,35,42)(H,37,38)/t19-/m0/s1. The Hall–Kier alpha value is -4.19. The lowest BCUT2D eigenvalue weighted by Gasteiger charge is -2.20. The quantitative estimate of drug-likeness (QED) is 0.0906. The van der Waals surface area contributed by atoms with Gasteiger partial charge in [0.1, 0.15) is 41.5 Å². The highest BCUT2D eigenvalue weighted by molar-refractivity contribution is 7.92. The van der Waals surface area contributed by atoms with Gasteiger partial charge in [0.25, 0.3) is 5.91 Å². The van der Waals surface area contributed by atoms with Crippen LogP contribution in [0.4, 0.5) is 30.5 Å². The first-order valence-corrected chi connectivity index (χ1v) is 20.3. The molecule has 0 radical (unpaired) electrons. The fourth-order valence-corrected chi connectivity index (χ4v) is 6.38. The SMILES string of the molecule is C[C@H](Oc1cc(-c2nn(COCC[Si](C)(C)C)c(Nc3cnccn3)c2C(N)=O)ccc1NS(=O)(=O)CC(F)(F)F)c1cccc(Cl)c1. The molecule has 0 aliphatic rings. The van der Waals surface area contributed by atoms with Gasteiger partial charge in [0.15, 0.2) is 5.75 Å². The van der Waals surface area contributed by atoms with Crippen LogP contribution in [-0.4, -0.2) is 60.7 Å². The average Bonchev–Trinajstić information content (AvgIpc) is 3.33. The minimum absolute atomic E-state index is 0.0614. The van der Waals surface area contributed by atoms with Crippen molar-refractivity contribution < 1.29 is 35.9 Å². The van der Waals surface area contributed by atoms with Gasteiger partial charge in [-0.3, -0.25) is 14.5 Å². The smallest absolute Gasteiger partial charge is 0.404 e. The van der Waals surface area contributed by atoms with E-state index in [4.69, 9.17) is 26.8 Å². The van der Waals surface area contributed by atoms with E-state index in [0.717, 1.165) is 6.04 Å². The first kappa shape index (κ1) is 36.6. The number of alkyl halides is 3. The minimum Gasteiger partial charge on any atom is -0.484 e. The summed E-state index contributed by atoms with van der Waals surface area (Å²) in [5.74, 6) is -2.70. The van der Waals surface area contributed by atoms with E-state index in [-0.39, 0.29) is 46.6 Å². The summed E-state index contributed by atoms with van der Waals surface area (Å²) in [5.41, 5.74) is 6.43. The maximum atomic E-state index is 13.1. The Kier molecular flexibility index (Phi) is 11.4. The van der Waals surface area contributed by atoms with Gasteiger partial charge in [-0.2, -0.15) is 18.3 Å². The van der Waals surface area contributed by atoms with Gasteiger partial charge in [0, 0.05) is 37.7 Å². The molecule has 0 aliphatic heterocycles. The number of sulfonamides is 1. The van der Waals surface area contributed by atoms with Crippen molar-refractivity contribution >= 4 is 52.9 Å². The number of carbonyl (C=O) groups is 1. The second-order valence-electron chi connectivity index (χ2n) is 12.0. The normalized spacial score (nSPS) is 12.8. The number of nitrogens with two attached hydrogens (primary N) is 1. The van der Waals surface area contributed by atoms with Crippen molar-refractivity contribution in [3.8, 4) is 17.0 Å². The molecule has 0 saturated heterocycles. The van der Waals surface area contributed by atoms with Gasteiger partial charge in [-0.05, 0) is 42.8 Å². The van der Waals surface area contributed by atoms with Crippen molar-refractivity contribution in [2.24, 2.45) is 5.73 Å². The van der Waals surface area contributed by atoms with Gasteiger partial charge in [-0.25, -0.2) is 18.1 Å². The Bertz CT molecular complexity index is 1860. The Morgan fingerprint density at radius 3 is 2.52 bits per heavy atom. The molecule has 2 aromatic heterocycles. The minimum atomic E-state index is -4.99. The zero-order valence-electron chi connectivity index (χ0n) is 26.5. The van der Waals surface area contributed by atoms with E-state index < -0.39 is 42.0 Å². The number of ether oxygens (including phenoxy) is 2. The van der Waals surface area contributed by atoms with Crippen LogP contribution in [0.3, 0.4) is 0 Å². The average molecular weight is 726 g/mol. The van der Waals surface area contributed by atoms with Crippen LogP contribution >= 0.6 is 11.6 Å². The molecule has 0 saturated carbocycles. The van der Waals surface area contributed by atoms with Gasteiger partial charge in [0.2, 0.25) is 10.0 Å². The van der Waals surface area contributed by atoms with E-state index in [1.165, 1.54) is 41.5 Å². The predicted octanol–water partition coefficient (Wildman–Crippen LogP) is 6.59. The van der Waals surface area contributed by atoms with Crippen LogP contribution < -0.4 is 20.5 Å². The molecule has 1 atom stereocenters. The third-order valence-corrected chi connectivity index (χ3v) is 9.89. The molecule has 18 heteroatoms. The monoisotopic (exact) mass is 725 g/mol. The summed E-state index contributed by atoms with van der Waals surface area (Å²) in [6, 6.07) is 11.5. The van der Waals surface area contributed by atoms with E-state index in [1.807, 2.05) is 4.72 Å². The Morgan fingerprint density at radius 2 is 1.90 bits per heavy atom. The number of hydrogen-bond acceptors (Lipinski definition) is 9. The van der Waals surface area contributed by atoms with E-state index in [0.29, 0.717) is 17.2 Å². The topological polar surface area (TPSA) is 163 Å². The highest BCUT2D eigenvalue weighted by Gasteiger charge is 2.36. The number of halogens is 4. The van der Waals surface area contributed by atoms with Gasteiger partial charge in [0.05, 0.1) is 11.9 Å². The lowest BCUT2D eigenvalue weighted by molar-refractivity contribution is -0.106. The molecule has 258 valence electrons. The predicted molar refractivity (Wildman–Crippen MR) is 180 cm³/mol. The van der Waals surface area contributed by atoms with Crippen LogP contribution in [0.1, 0.15) is 28.9 Å². The number of nitrogens with one attached hydrogen (secondary N) is 2. The first-order valence-electron chi connectivity index (χ1n) is 14.6. The maximum Gasteiger partial charge on any atom is 0.404 e. The fourth-order valence-electron chi connectivity index (χ4n) is 4.42. The molecule has 1 amide bonds. The number of anilines is 3. The molecule has 4 rings (SSSR count). The highest BCUT2D eigenvalue weighted by Crippen LogP contribution is 2.38. The number of benzene rings is 2. The van der Waals surface area contributed by atoms with Gasteiger partial charge in [-0.15, -0.1) is 0 Å². The highest BCUT2D eigenvalue weighted by atomic mass is 35.5.